The monoisotopic (exact) mass is 493 g/mol. The fourth-order valence-corrected chi connectivity index (χ4v) is 4.34. The van der Waals surface area contributed by atoms with E-state index < -0.39 is 0 Å². The van der Waals surface area contributed by atoms with Crippen LogP contribution in [0, 0.1) is 0 Å². The van der Waals surface area contributed by atoms with Crippen LogP contribution in [0.4, 0.5) is 11.6 Å². The van der Waals surface area contributed by atoms with Crippen LogP contribution in [-0.4, -0.2) is 40.1 Å². The second-order valence-electron chi connectivity index (χ2n) is 8.96. The molecule has 0 spiro atoms. The van der Waals surface area contributed by atoms with Gasteiger partial charge >= 0.3 is 0 Å². The maximum atomic E-state index is 12.6. The Hall–Kier alpha value is -3.92. The molecule has 2 heterocycles. The Bertz CT molecular complexity index is 1370. The van der Waals surface area contributed by atoms with Crippen molar-refractivity contribution in [3.63, 3.8) is 0 Å². The molecule has 0 atom stereocenters. The van der Waals surface area contributed by atoms with Gasteiger partial charge in [0.2, 0.25) is 10.9 Å². The van der Waals surface area contributed by atoms with Crippen molar-refractivity contribution in [3.8, 4) is 22.8 Å². The van der Waals surface area contributed by atoms with E-state index in [1.807, 2.05) is 35.7 Å². The SMILES string of the molecule is COc1ccc(OCC(=O)Nc2nc3scc(-c4ccc(NC(C)=O)cc4)n3n2)c(C(C)(C)C)c1. The number of methoxy groups -OCH3 is 1. The first-order chi connectivity index (χ1) is 16.6. The molecule has 4 rings (SSSR count). The predicted molar refractivity (Wildman–Crippen MR) is 136 cm³/mol. The van der Waals surface area contributed by atoms with Gasteiger partial charge in [0.05, 0.1) is 12.8 Å². The minimum atomic E-state index is -0.361. The quantitative estimate of drug-likeness (QED) is 0.385. The molecule has 0 aliphatic rings. The maximum Gasteiger partial charge on any atom is 0.264 e. The molecule has 0 aliphatic carbocycles. The summed E-state index contributed by atoms with van der Waals surface area (Å²) < 4.78 is 12.8. The number of fused-ring (bicyclic) bond motifs is 1. The number of rotatable bonds is 7. The van der Waals surface area contributed by atoms with E-state index in [9.17, 15) is 9.59 Å². The van der Waals surface area contributed by atoms with Crippen molar-refractivity contribution in [2.45, 2.75) is 33.1 Å². The molecule has 9 nitrogen and oxygen atoms in total. The van der Waals surface area contributed by atoms with Crippen molar-refractivity contribution in [1.29, 1.82) is 0 Å². The Balaban J connectivity index is 1.45. The van der Waals surface area contributed by atoms with E-state index >= 15 is 0 Å². The lowest BCUT2D eigenvalue weighted by Gasteiger charge is -2.23. The average Bonchev–Trinajstić information content (AvgIpc) is 3.37. The van der Waals surface area contributed by atoms with Crippen molar-refractivity contribution in [2.24, 2.45) is 0 Å². The number of anilines is 2. The number of thiazole rings is 1. The first kappa shape index (κ1) is 24.2. The normalized spacial score (nSPS) is 11.3. The third kappa shape index (κ3) is 5.60. The molecule has 0 unspecified atom stereocenters. The lowest BCUT2D eigenvalue weighted by Crippen LogP contribution is -2.22. The molecule has 0 bridgehead atoms. The Kier molecular flexibility index (Phi) is 6.74. The van der Waals surface area contributed by atoms with E-state index in [2.05, 4.69) is 41.5 Å². The van der Waals surface area contributed by atoms with Crippen LogP contribution in [0.5, 0.6) is 11.5 Å². The zero-order chi connectivity index (χ0) is 25.2. The molecule has 0 fully saturated rings. The van der Waals surface area contributed by atoms with Gasteiger partial charge in [-0.1, -0.05) is 32.9 Å². The first-order valence-electron chi connectivity index (χ1n) is 11.0. The van der Waals surface area contributed by atoms with Gasteiger partial charge in [-0.3, -0.25) is 14.9 Å². The van der Waals surface area contributed by atoms with Crippen molar-refractivity contribution in [1.82, 2.24) is 14.6 Å². The largest absolute Gasteiger partial charge is 0.497 e. The summed E-state index contributed by atoms with van der Waals surface area (Å²) in [6.07, 6.45) is 0. The Labute approximate surface area is 207 Å². The molecule has 0 radical (unpaired) electrons. The number of nitrogens with zero attached hydrogens (tertiary/aromatic N) is 3. The molecule has 2 aromatic carbocycles. The number of nitrogens with one attached hydrogen (secondary N) is 2. The zero-order valence-electron chi connectivity index (χ0n) is 20.2. The minimum absolute atomic E-state index is 0.127. The second kappa shape index (κ2) is 9.75. The number of carbonyl (C=O) groups excluding carboxylic acids is 2. The van der Waals surface area contributed by atoms with Gasteiger partial charge in [0, 0.05) is 29.1 Å². The van der Waals surface area contributed by atoms with Crippen LogP contribution >= 0.6 is 11.3 Å². The maximum absolute atomic E-state index is 12.6. The summed E-state index contributed by atoms with van der Waals surface area (Å²) in [4.78, 5) is 28.8. The third-order valence-electron chi connectivity index (χ3n) is 5.19. The van der Waals surface area contributed by atoms with Crippen LogP contribution in [-0.2, 0) is 15.0 Å². The van der Waals surface area contributed by atoms with E-state index in [1.165, 1.54) is 18.3 Å². The molecule has 2 N–H and O–H groups in total. The van der Waals surface area contributed by atoms with Gasteiger partial charge < -0.3 is 14.8 Å². The second-order valence-corrected chi connectivity index (χ2v) is 9.79. The number of carbonyl (C=O) groups is 2. The lowest BCUT2D eigenvalue weighted by molar-refractivity contribution is -0.118. The molecule has 4 aromatic rings. The molecule has 0 saturated carbocycles. The number of hydrogen-bond donors (Lipinski definition) is 2. The smallest absolute Gasteiger partial charge is 0.264 e. The van der Waals surface area contributed by atoms with E-state index in [1.54, 1.807) is 23.8 Å². The zero-order valence-corrected chi connectivity index (χ0v) is 21.0. The van der Waals surface area contributed by atoms with Crippen LogP contribution in [0.15, 0.2) is 47.8 Å². The number of ether oxygens (including phenoxy) is 2. The molecule has 2 aromatic heterocycles. The fraction of sp³-hybridized carbons (Fsp3) is 0.280. The standard InChI is InChI=1S/C25H27N5O4S/c1-15(31)26-17-8-6-16(7-9-17)20-14-35-24-28-23(29-30(20)24)27-22(32)13-34-21-11-10-18(33-5)12-19(21)25(2,3)4/h6-12,14H,13H2,1-5H3,(H,26,31)(H,27,29,32). The summed E-state index contributed by atoms with van der Waals surface area (Å²) in [7, 11) is 1.62. The molecule has 2 amide bonds. The van der Waals surface area contributed by atoms with E-state index in [-0.39, 0.29) is 29.8 Å². The van der Waals surface area contributed by atoms with E-state index in [4.69, 9.17) is 9.47 Å². The summed E-state index contributed by atoms with van der Waals surface area (Å²) in [5.74, 6) is 1.07. The molecular weight excluding hydrogens is 466 g/mol. The number of hydrogen-bond acceptors (Lipinski definition) is 7. The number of amides is 2. The Morgan fingerprint density at radius 3 is 2.49 bits per heavy atom. The van der Waals surface area contributed by atoms with E-state index in [0.717, 1.165) is 22.6 Å². The number of benzene rings is 2. The average molecular weight is 494 g/mol. The molecular formula is C25H27N5O4S. The summed E-state index contributed by atoms with van der Waals surface area (Å²) in [5.41, 5.74) is 3.21. The first-order valence-corrected chi connectivity index (χ1v) is 11.9. The van der Waals surface area contributed by atoms with Gasteiger partial charge in [0.25, 0.3) is 11.9 Å². The summed E-state index contributed by atoms with van der Waals surface area (Å²) >= 11 is 1.42. The highest BCUT2D eigenvalue weighted by Crippen LogP contribution is 2.34. The van der Waals surface area contributed by atoms with Crippen LogP contribution in [0.2, 0.25) is 0 Å². The van der Waals surface area contributed by atoms with Gasteiger partial charge in [0.15, 0.2) is 6.61 Å². The van der Waals surface area contributed by atoms with Crippen LogP contribution in [0.25, 0.3) is 16.2 Å². The van der Waals surface area contributed by atoms with Crippen LogP contribution in [0.1, 0.15) is 33.3 Å². The minimum Gasteiger partial charge on any atom is -0.497 e. The van der Waals surface area contributed by atoms with Gasteiger partial charge in [-0.05, 0) is 35.7 Å². The predicted octanol–water partition coefficient (Wildman–Crippen LogP) is 4.74. The van der Waals surface area contributed by atoms with Crippen molar-refractivity contribution in [3.05, 3.63) is 53.4 Å². The van der Waals surface area contributed by atoms with Crippen LogP contribution in [0.3, 0.4) is 0 Å². The van der Waals surface area contributed by atoms with Gasteiger partial charge in [0.1, 0.15) is 11.5 Å². The third-order valence-corrected chi connectivity index (χ3v) is 6.00. The molecule has 182 valence electrons. The van der Waals surface area contributed by atoms with Gasteiger partial charge in [-0.25, -0.2) is 4.52 Å². The summed E-state index contributed by atoms with van der Waals surface area (Å²) in [5, 5.41) is 11.8. The highest BCUT2D eigenvalue weighted by atomic mass is 32.1. The highest BCUT2D eigenvalue weighted by molar-refractivity contribution is 7.15. The van der Waals surface area contributed by atoms with Crippen molar-refractivity contribution >= 4 is 39.7 Å². The lowest BCUT2D eigenvalue weighted by atomic mass is 9.86. The van der Waals surface area contributed by atoms with E-state index in [0.29, 0.717) is 16.4 Å². The fourth-order valence-electron chi connectivity index (χ4n) is 3.51. The number of aromatic nitrogens is 3. The van der Waals surface area contributed by atoms with Crippen molar-refractivity contribution < 1.29 is 19.1 Å². The highest BCUT2D eigenvalue weighted by Gasteiger charge is 2.21. The Morgan fingerprint density at radius 1 is 1.09 bits per heavy atom. The molecule has 0 aliphatic heterocycles. The molecule has 0 saturated heterocycles. The van der Waals surface area contributed by atoms with Gasteiger partial charge in [-0.15, -0.1) is 16.4 Å². The topological polar surface area (TPSA) is 107 Å². The molecule has 10 heteroatoms. The summed E-state index contributed by atoms with van der Waals surface area (Å²) in [6, 6.07) is 13.0. The molecule has 35 heavy (non-hydrogen) atoms. The summed E-state index contributed by atoms with van der Waals surface area (Å²) in [6.45, 7) is 7.50. The van der Waals surface area contributed by atoms with Crippen molar-refractivity contribution in [2.75, 3.05) is 24.4 Å². The van der Waals surface area contributed by atoms with Crippen LogP contribution < -0.4 is 20.1 Å². The van der Waals surface area contributed by atoms with Gasteiger partial charge in [-0.2, -0.15) is 4.98 Å². The Morgan fingerprint density at radius 2 is 1.83 bits per heavy atom.